The van der Waals surface area contributed by atoms with Gasteiger partial charge in [-0.15, -0.1) is 0 Å². The summed E-state index contributed by atoms with van der Waals surface area (Å²) < 4.78 is 18.5. The van der Waals surface area contributed by atoms with Gasteiger partial charge in [-0.25, -0.2) is 0 Å². The molecule has 0 aromatic carbocycles. The van der Waals surface area contributed by atoms with Crippen molar-refractivity contribution < 1.29 is 14.2 Å². The van der Waals surface area contributed by atoms with Gasteiger partial charge in [0.1, 0.15) is 0 Å². The van der Waals surface area contributed by atoms with E-state index in [0.717, 1.165) is 19.3 Å². The van der Waals surface area contributed by atoms with Gasteiger partial charge in [-0.1, -0.05) is 207 Å². The molecule has 0 aromatic heterocycles. The fraction of sp³-hybridized carbons (Fsp3) is 1.00. The predicted molar refractivity (Wildman–Crippen MR) is 191 cm³/mol. The molecule has 43 heavy (non-hydrogen) atoms. The number of methoxy groups -OCH3 is 3. The highest BCUT2D eigenvalue weighted by molar-refractivity contribution is 4.89. The van der Waals surface area contributed by atoms with Crippen LogP contribution in [0.25, 0.3) is 0 Å². The van der Waals surface area contributed by atoms with Crippen molar-refractivity contribution in [2.24, 2.45) is 5.41 Å². The summed E-state index contributed by atoms with van der Waals surface area (Å²) in [5.74, 6) is -0.937. The summed E-state index contributed by atoms with van der Waals surface area (Å²) in [4.78, 5) is 0. The van der Waals surface area contributed by atoms with Crippen molar-refractivity contribution in [2.45, 2.75) is 232 Å². The Kier molecular flexibility index (Phi) is 31.8. The molecular formula is C40H82O3. The first-order chi connectivity index (χ1) is 21.1. The van der Waals surface area contributed by atoms with E-state index in [1.807, 2.05) is 0 Å². The van der Waals surface area contributed by atoms with Crippen molar-refractivity contribution in [3.05, 3.63) is 0 Å². The molecule has 0 N–H and O–H groups in total. The minimum atomic E-state index is -0.937. The first-order valence-corrected chi connectivity index (χ1v) is 19.8. The molecule has 0 bridgehead atoms. The van der Waals surface area contributed by atoms with Gasteiger partial charge in [-0.3, -0.25) is 0 Å². The quantitative estimate of drug-likeness (QED) is 0.0521. The van der Waals surface area contributed by atoms with E-state index in [0.29, 0.717) is 0 Å². The van der Waals surface area contributed by atoms with Gasteiger partial charge in [0.05, 0.1) is 5.41 Å². The molecule has 3 nitrogen and oxygen atoms in total. The Morgan fingerprint density at radius 3 is 0.651 bits per heavy atom. The lowest BCUT2D eigenvalue weighted by molar-refractivity contribution is -0.411. The van der Waals surface area contributed by atoms with Crippen molar-refractivity contribution in [1.82, 2.24) is 0 Å². The molecule has 0 aliphatic carbocycles. The van der Waals surface area contributed by atoms with E-state index in [2.05, 4.69) is 20.8 Å². The van der Waals surface area contributed by atoms with E-state index in [4.69, 9.17) is 14.2 Å². The lowest BCUT2D eigenvalue weighted by atomic mass is 9.71. The summed E-state index contributed by atoms with van der Waals surface area (Å²) in [5, 5.41) is 0. The SMILES string of the molecule is CCCCCCCCCCCCCCCCCC(CCCCCCCC)(CCCCCCCCCC)C(OC)(OC)OC. The molecule has 3 heteroatoms. The van der Waals surface area contributed by atoms with Gasteiger partial charge in [0.15, 0.2) is 0 Å². The number of hydrogen-bond acceptors (Lipinski definition) is 3. The maximum atomic E-state index is 6.15. The third kappa shape index (κ3) is 21.3. The average Bonchev–Trinajstić information content (AvgIpc) is 3.03. The summed E-state index contributed by atoms with van der Waals surface area (Å²) in [5.41, 5.74) is -0.0746. The maximum Gasteiger partial charge on any atom is 0.288 e. The van der Waals surface area contributed by atoms with Gasteiger partial charge >= 0.3 is 0 Å². The van der Waals surface area contributed by atoms with Gasteiger partial charge < -0.3 is 14.2 Å². The van der Waals surface area contributed by atoms with Crippen LogP contribution >= 0.6 is 0 Å². The van der Waals surface area contributed by atoms with Crippen LogP contribution in [-0.4, -0.2) is 27.3 Å². The Labute approximate surface area is 272 Å². The lowest BCUT2D eigenvalue weighted by Crippen LogP contribution is -2.53. The molecule has 0 radical (unpaired) electrons. The molecule has 0 heterocycles. The molecular weight excluding hydrogens is 528 g/mol. The summed E-state index contributed by atoms with van der Waals surface area (Å²) >= 11 is 0. The smallest absolute Gasteiger partial charge is 0.288 e. The molecule has 260 valence electrons. The minimum Gasteiger partial charge on any atom is -0.330 e. The highest BCUT2D eigenvalue weighted by atomic mass is 16.9. The van der Waals surface area contributed by atoms with Crippen molar-refractivity contribution in [2.75, 3.05) is 21.3 Å². The number of hydrogen-bond donors (Lipinski definition) is 0. The van der Waals surface area contributed by atoms with Crippen LogP contribution < -0.4 is 0 Å². The van der Waals surface area contributed by atoms with Crippen LogP contribution in [-0.2, 0) is 14.2 Å². The zero-order valence-corrected chi connectivity index (χ0v) is 30.9. The fourth-order valence-electron chi connectivity index (χ4n) is 7.41. The summed E-state index contributed by atoms with van der Waals surface area (Å²) in [7, 11) is 5.38. The third-order valence-electron chi connectivity index (χ3n) is 10.2. The molecule has 1 atom stereocenters. The monoisotopic (exact) mass is 611 g/mol. The van der Waals surface area contributed by atoms with E-state index < -0.39 is 5.97 Å². The molecule has 0 rings (SSSR count). The van der Waals surface area contributed by atoms with E-state index in [-0.39, 0.29) is 5.41 Å². The molecule has 0 spiro atoms. The Hall–Kier alpha value is -0.120. The average molecular weight is 611 g/mol. The number of ether oxygens (including phenoxy) is 3. The predicted octanol–water partition coefficient (Wildman–Crippen LogP) is 14.1. The van der Waals surface area contributed by atoms with Crippen LogP contribution in [0.1, 0.15) is 226 Å². The molecule has 0 fully saturated rings. The van der Waals surface area contributed by atoms with Crippen LogP contribution in [0.4, 0.5) is 0 Å². The second kappa shape index (κ2) is 31.8. The first-order valence-electron chi connectivity index (χ1n) is 19.8. The van der Waals surface area contributed by atoms with Crippen molar-refractivity contribution in [3.8, 4) is 0 Å². The summed E-state index contributed by atoms with van der Waals surface area (Å²) in [6, 6.07) is 0. The van der Waals surface area contributed by atoms with Gasteiger partial charge in [0.2, 0.25) is 0 Å². The largest absolute Gasteiger partial charge is 0.330 e. The minimum absolute atomic E-state index is 0.0746. The topological polar surface area (TPSA) is 27.7 Å². The highest BCUT2D eigenvalue weighted by Gasteiger charge is 2.52. The summed E-state index contributed by atoms with van der Waals surface area (Å²) in [6.45, 7) is 6.91. The molecule has 0 aromatic rings. The zero-order valence-electron chi connectivity index (χ0n) is 30.9. The second-order valence-corrected chi connectivity index (χ2v) is 13.9. The van der Waals surface area contributed by atoms with E-state index in [9.17, 15) is 0 Å². The lowest BCUT2D eigenvalue weighted by Gasteiger charge is -2.47. The van der Waals surface area contributed by atoms with Gasteiger partial charge in [-0.2, -0.15) is 0 Å². The standard InChI is InChI=1S/C40H82O3/c1-7-10-13-16-19-21-22-23-24-25-26-27-29-32-35-38-39(40(41-4,42-5)43-6,36-33-30-18-15-12-9-3)37-34-31-28-20-17-14-11-8-2/h7-38H2,1-6H3. The number of rotatable bonds is 36. The number of unbranched alkanes of at least 4 members (excludes halogenated alkanes) is 26. The van der Waals surface area contributed by atoms with E-state index >= 15 is 0 Å². The second-order valence-electron chi connectivity index (χ2n) is 13.9. The molecule has 1 unspecified atom stereocenters. The van der Waals surface area contributed by atoms with Crippen LogP contribution in [0.5, 0.6) is 0 Å². The molecule has 0 saturated heterocycles. The Balaban J connectivity index is 4.76. The Bertz CT molecular complexity index is 524. The first kappa shape index (κ1) is 42.9. The highest BCUT2D eigenvalue weighted by Crippen LogP contribution is 2.49. The van der Waals surface area contributed by atoms with Crippen LogP contribution in [0.2, 0.25) is 0 Å². The normalized spacial score (nSPS) is 13.5. The molecule has 0 aliphatic rings. The maximum absolute atomic E-state index is 6.15. The van der Waals surface area contributed by atoms with Crippen LogP contribution in [0.3, 0.4) is 0 Å². The van der Waals surface area contributed by atoms with Crippen molar-refractivity contribution >= 4 is 0 Å². The zero-order chi connectivity index (χ0) is 31.7. The molecule has 0 saturated carbocycles. The van der Waals surface area contributed by atoms with E-state index in [1.54, 1.807) is 21.3 Å². The molecule has 0 amide bonds. The summed E-state index contributed by atoms with van der Waals surface area (Å²) in [6.07, 6.45) is 43.3. The van der Waals surface area contributed by atoms with Crippen molar-refractivity contribution in [3.63, 3.8) is 0 Å². The Morgan fingerprint density at radius 1 is 0.279 bits per heavy atom. The fourth-order valence-corrected chi connectivity index (χ4v) is 7.41. The van der Waals surface area contributed by atoms with Gasteiger partial charge in [0.25, 0.3) is 5.97 Å². The van der Waals surface area contributed by atoms with E-state index in [1.165, 1.54) is 186 Å². The van der Waals surface area contributed by atoms with Crippen LogP contribution in [0, 0.1) is 5.41 Å². The van der Waals surface area contributed by atoms with Crippen LogP contribution in [0.15, 0.2) is 0 Å². The molecule has 0 aliphatic heterocycles. The van der Waals surface area contributed by atoms with Gasteiger partial charge in [0, 0.05) is 21.3 Å². The van der Waals surface area contributed by atoms with Gasteiger partial charge in [-0.05, 0) is 19.3 Å². The van der Waals surface area contributed by atoms with Crippen molar-refractivity contribution in [1.29, 1.82) is 0 Å². The third-order valence-corrected chi connectivity index (χ3v) is 10.2. The Morgan fingerprint density at radius 2 is 0.465 bits per heavy atom.